The number of carbonyl (C=O) groups excluding carboxylic acids is 1. The van der Waals surface area contributed by atoms with Crippen LogP contribution in [0.5, 0.6) is 0 Å². The van der Waals surface area contributed by atoms with E-state index in [-0.39, 0.29) is 27.9 Å². The first kappa shape index (κ1) is 23.0. The number of hydrogen-bond donors (Lipinski definition) is 2. The molecule has 2 aromatic heterocycles. The van der Waals surface area contributed by atoms with E-state index in [0.717, 1.165) is 24.2 Å². The van der Waals surface area contributed by atoms with Crippen LogP contribution in [-0.2, 0) is 6.54 Å². The lowest BCUT2D eigenvalue weighted by Crippen LogP contribution is -2.41. The van der Waals surface area contributed by atoms with Crippen LogP contribution in [0, 0.1) is 5.82 Å². The highest BCUT2D eigenvalue weighted by Crippen LogP contribution is 2.37. The molecule has 0 aliphatic carbocycles. The van der Waals surface area contributed by atoms with Crippen molar-refractivity contribution in [2.75, 3.05) is 17.2 Å². The van der Waals surface area contributed by atoms with Crippen molar-refractivity contribution in [3.8, 4) is 0 Å². The van der Waals surface area contributed by atoms with Crippen LogP contribution in [-0.4, -0.2) is 22.0 Å². The van der Waals surface area contributed by atoms with Gasteiger partial charge in [0.25, 0.3) is 11.5 Å². The van der Waals surface area contributed by atoms with Crippen LogP contribution < -0.4 is 21.9 Å². The van der Waals surface area contributed by atoms with E-state index in [1.807, 2.05) is 13.8 Å². The first-order valence-electron chi connectivity index (χ1n) is 10.1. The summed E-state index contributed by atoms with van der Waals surface area (Å²) in [6.07, 6.45) is 2.89. The molecule has 10 heteroatoms. The fourth-order valence-electron chi connectivity index (χ4n) is 3.31. The second-order valence-electron chi connectivity index (χ2n) is 7.19. The number of unbranched alkanes of at least 4 members (excludes halogenated alkanes) is 2. The Balaban J connectivity index is 2.15. The van der Waals surface area contributed by atoms with Crippen LogP contribution in [0.4, 0.5) is 15.9 Å². The van der Waals surface area contributed by atoms with E-state index in [2.05, 4.69) is 4.98 Å². The molecule has 1 amide bonds. The molecule has 1 aromatic carbocycles. The third-order valence-corrected chi connectivity index (χ3v) is 6.63. The minimum absolute atomic E-state index is 0.0602. The van der Waals surface area contributed by atoms with Gasteiger partial charge in [-0.05, 0) is 31.0 Å². The first-order chi connectivity index (χ1) is 14.8. The van der Waals surface area contributed by atoms with Crippen molar-refractivity contribution >= 4 is 50.4 Å². The van der Waals surface area contributed by atoms with Crippen LogP contribution in [0.2, 0.25) is 5.02 Å². The summed E-state index contributed by atoms with van der Waals surface area (Å²) in [5.41, 5.74) is 4.80. The third kappa shape index (κ3) is 4.52. The van der Waals surface area contributed by atoms with Crippen molar-refractivity contribution in [3.05, 3.63) is 54.8 Å². The van der Waals surface area contributed by atoms with Gasteiger partial charge in [0.1, 0.15) is 16.5 Å². The molecule has 0 radical (unpaired) electrons. The van der Waals surface area contributed by atoms with Gasteiger partial charge >= 0.3 is 5.69 Å². The molecule has 0 unspecified atom stereocenters. The molecule has 0 aliphatic heterocycles. The Bertz CT molecular complexity index is 1230. The number of halogens is 2. The van der Waals surface area contributed by atoms with Crippen LogP contribution in [0.15, 0.2) is 27.8 Å². The normalized spacial score (nSPS) is 11.2. The molecule has 3 rings (SSSR count). The molecule has 166 valence electrons. The number of nitrogen functional groups attached to an aromatic ring is 1. The summed E-state index contributed by atoms with van der Waals surface area (Å²) in [6.45, 7) is 4.46. The second-order valence-corrected chi connectivity index (χ2v) is 8.62. The predicted molar refractivity (Wildman–Crippen MR) is 124 cm³/mol. The number of H-pyrrole nitrogens is 1. The van der Waals surface area contributed by atoms with Gasteiger partial charge < -0.3 is 5.73 Å². The summed E-state index contributed by atoms with van der Waals surface area (Å²) >= 11 is 7.49. The predicted octanol–water partition coefficient (Wildman–Crippen LogP) is 4.37. The average Bonchev–Trinajstić information content (AvgIpc) is 3.05. The number of aromatic amines is 1. The Morgan fingerprint density at radius 1 is 1.26 bits per heavy atom. The van der Waals surface area contributed by atoms with Gasteiger partial charge in [0, 0.05) is 23.2 Å². The Kier molecular flexibility index (Phi) is 7.17. The van der Waals surface area contributed by atoms with Crippen molar-refractivity contribution in [1.82, 2.24) is 9.55 Å². The van der Waals surface area contributed by atoms with Gasteiger partial charge in [-0.2, -0.15) is 0 Å². The highest BCUT2D eigenvalue weighted by atomic mass is 35.5. The van der Waals surface area contributed by atoms with Crippen LogP contribution >= 0.6 is 22.9 Å². The number of benzene rings is 1. The van der Waals surface area contributed by atoms with E-state index in [0.29, 0.717) is 29.5 Å². The molecule has 31 heavy (non-hydrogen) atoms. The van der Waals surface area contributed by atoms with Crippen LogP contribution in [0.3, 0.4) is 0 Å². The fraction of sp³-hybridized carbons (Fsp3) is 0.381. The van der Waals surface area contributed by atoms with E-state index in [9.17, 15) is 18.8 Å². The van der Waals surface area contributed by atoms with Gasteiger partial charge in [-0.15, -0.1) is 11.3 Å². The molecule has 0 aliphatic rings. The van der Waals surface area contributed by atoms with Crippen molar-refractivity contribution in [1.29, 1.82) is 0 Å². The smallest absolute Gasteiger partial charge is 0.330 e. The van der Waals surface area contributed by atoms with Crippen molar-refractivity contribution in [2.24, 2.45) is 0 Å². The Morgan fingerprint density at radius 3 is 2.65 bits per heavy atom. The van der Waals surface area contributed by atoms with Gasteiger partial charge in [-0.1, -0.05) is 38.3 Å². The van der Waals surface area contributed by atoms with Crippen molar-refractivity contribution < 1.29 is 9.18 Å². The highest BCUT2D eigenvalue weighted by Gasteiger charge is 2.28. The molecule has 3 aromatic rings. The maximum Gasteiger partial charge on any atom is 0.330 e. The number of aromatic nitrogens is 2. The number of nitrogens with two attached hydrogens (primary N) is 1. The standard InChI is InChI=1S/C21H24ClFN4O3S/c1-3-5-9-26(16-18(24)27(10-6-4-2)21(30)25-19(16)28)20(29)17-15(22)13-8-7-12(23)11-14(13)31-17/h7-8,11H,3-6,9-10,24H2,1-2H3,(H,25,28,30). The second kappa shape index (κ2) is 9.65. The Labute approximate surface area is 187 Å². The summed E-state index contributed by atoms with van der Waals surface area (Å²) in [6, 6.07) is 4.10. The minimum Gasteiger partial charge on any atom is -0.383 e. The largest absolute Gasteiger partial charge is 0.383 e. The molecule has 2 heterocycles. The molecule has 0 saturated carbocycles. The number of hydrogen-bond acceptors (Lipinski definition) is 5. The molecular weight excluding hydrogens is 443 g/mol. The maximum absolute atomic E-state index is 13.6. The quantitative estimate of drug-likeness (QED) is 0.514. The zero-order valence-corrected chi connectivity index (χ0v) is 18.9. The van der Waals surface area contributed by atoms with Crippen LogP contribution in [0.1, 0.15) is 49.2 Å². The number of fused-ring (bicyclic) bond motifs is 1. The first-order valence-corrected chi connectivity index (χ1v) is 11.3. The minimum atomic E-state index is -0.733. The maximum atomic E-state index is 13.6. The molecule has 0 saturated heterocycles. The zero-order valence-electron chi connectivity index (χ0n) is 17.3. The average molecular weight is 467 g/mol. The number of carbonyl (C=O) groups is 1. The molecule has 0 spiro atoms. The lowest BCUT2D eigenvalue weighted by Gasteiger charge is -2.24. The number of rotatable bonds is 8. The van der Waals surface area contributed by atoms with Gasteiger partial charge in [0.2, 0.25) is 0 Å². The monoisotopic (exact) mass is 466 g/mol. The molecule has 0 fully saturated rings. The molecule has 0 atom stereocenters. The Hall–Kier alpha value is -2.65. The molecule has 0 bridgehead atoms. The number of thiophene rings is 1. The van der Waals surface area contributed by atoms with Crippen molar-refractivity contribution in [3.63, 3.8) is 0 Å². The van der Waals surface area contributed by atoms with Crippen molar-refractivity contribution in [2.45, 2.75) is 46.1 Å². The number of nitrogens with one attached hydrogen (secondary N) is 1. The third-order valence-electron chi connectivity index (χ3n) is 4.99. The topological polar surface area (TPSA) is 101 Å². The van der Waals surface area contributed by atoms with E-state index >= 15 is 0 Å². The van der Waals surface area contributed by atoms with Gasteiger partial charge in [-0.25, -0.2) is 9.18 Å². The number of nitrogens with zero attached hydrogens (tertiary/aromatic N) is 2. The SMILES string of the molecule is CCCCN(C(=O)c1sc2cc(F)ccc2c1Cl)c1c(N)n(CCCC)c(=O)[nH]c1=O. The molecule has 7 nitrogen and oxygen atoms in total. The van der Waals surface area contributed by atoms with Gasteiger partial charge in [0.15, 0.2) is 5.69 Å². The summed E-state index contributed by atoms with van der Waals surface area (Å²) in [5.74, 6) is -1.01. The molecular formula is C21H24ClFN4O3S. The van der Waals surface area contributed by atoms with Crippen LogP contribution in [0.25, 0.3) is 10.1 Å². The van der Waals surface area contributed by atoms with Gasteiger partial charge in [0.05, 0.1) is 5.02 Å². The summed E-state index contributed by atoms with van der Waals surface area (Å²) in [5, 5.41) is 0.752. The summed E-state index contributed by atoms with van der Waals surface area (Å²) in [4.78, 5) is 42.2. The zero-order chi connectivity index (χ0) is 22.7. The van der Waals surface area contributed by atoms with E-state index < -0.39 is 23.0 Å². The van der Waals surface area contributed by atoms with E-state index in [1.165, 1.54) is 27.7 Å². The van der Waals surface area contributed by atoms with Gasteiger partial charge in [-0.3, -0.25) is 24.0 Å². The lowest BCUT2D eigenvalue weighted by molar-refractivity contribution is 0.0990. The van der Waals surface area contributed by atoms with E-state index in [4.69, 9.17) is 17.3 Å². The number of anilines is 2. The van der Waals surface area contributed by atoms with E-state index in [1.54, 1.807) is 0 Å². The summed E-state index contributed by atoms with van der Waals surface area (Å²) in [7, 11) is 0. The Morgan fingerprint density at radius 2 is 1.97 bits per heavy atom. The summed E-state index contributed by atoms with van der Waals surface area (Å²) < 4.78 is 15.4. The number of amides is 1. The molecule has 3 N–H and O–H groups in total. The fourth-order valence-corrected chi connectivity index (χ4v) is 4.79. The highest BCUT2D eigenvalue weighted by molar-refractivity contribution is 7.21. The lowest BCUT2D eigenvalue weighted by atomic mass is 10.2.